The molecule has 0 aromatic carbocycles. The highest BCUT2D eigenvalue weighted by atomic mass is 35.5. The molecule has 1 aliphatic rings. The first-order valence-electron chi connectivity index (χ1n) is 7.83. The monoisotopic (exact) mass is 357 g/mol. The SMILES string of the molecule is O=C(Cn1nc(C2CC2)cc1C(F)F)NCCCn1cc(Cl)cn1. The van der Waals surface area contributed by atoms with Crippen molar-refractivity contribution in [1.29, 1.82) is 0 Å². The molecule has 130 valence electrons. The number of carbonyl (C=O) groups excluding carboxylic acids is 1. The normalized spacial score (nSPS) is 14.3. The summed E-state index contributed by atoms with van der Waals surface area (Å²) < 4.78 is 28.9. The minimum atomic E-state index is -2.64. The molecule has 0 atom stereocenters. The zero-order valence-electron chi connectivity index (χ0n) is 13.0. The summed E-state index contributed by atoms with van der Waals surface area (Å²) in [4.78, 5) is 11.9. The topological polar surface area (TPSA) is 64.7 Å². The Morgan fingerprint density at radius 3 is 2.88 bits per heavy atom. The van der Waals surface area contributed by atoms with Gasteiger partial charge in [-0.1, -0.05) is 11.6 Å². The zero-order chi connectivity index (χ0) is 17.1. The molecule has 0 aliphatic heterocycles. The van der Waals surface area contributed by atoms with Crippen LogP contribution in [0.4, 0.5) is 8.78 Å². The highest BCUT2D eigenvalue weighted by Crippen LogP contribution is 2.40. The summed E-state index contributed by atoms with van der Waals surface area (Å²) in [6, 6.07) is 1.41. The van der Waals surface area contributed by atoms with Crippen LogP contribution in [0.2, 0.25) is 5.02 Å². The number of nitrogens with one attached hydrogen (secondary N) is 1. The highest BCUT2D eigenvalue weighted by molar-refractivity contribution is 6.30. The number of hydrogen-bond donors (Lipinski definition) is 1. The molecule has 24 heavy (non-hydrogen) atoms. The number of nitrogens with zero attached hydrogens (tertiary/aromatic N) is 4. The second-order valence-corrected chi connectivity index (χ2v) is 6.29. The molecule has 1 fully saturated rings. The predicted octanol–water partition coefficient (Wildman–Crippen LogP) is 2.75. The van der Waals surface area contributed by atoms with Gasteiger partial charge in [-0.15, -0.1) is 0 Å². The van der Waals surface area contributed by atoms with Crippen molar-refractivity contribution < 1.29 is 13.6 Å². The second-order valence-electron chi connectivity index (χ2n) is 5.85. The first kappa shape index (κ1) is 16.9. The molecule has 1 saturated carbocycles. The number of amides is 1. The van der Waals surface area contributed by atoms with Crippen LogP contribution in [0.5, 0.6) is 0 Å². The first-order chi connectivity index (χ1) is 11.5. The summed E-state index contributed by atoms with van der Waals surface area (Å²) in [7, 11) is 0. The second kappa shape index (κ2) is 7.29. The molecule has 3 rings (SSSR count). The quantitative estimate of drug-likeness (QED) is 0.739. The zero-order valence-corrected chi connectivity index (χ0v) is 13.7. The fraction of sp³-hybridized carbons (Fsp3) is 0.533. The van der Waals surface area contributed by atoms with Crippen molar-refractivity contribution in [2.75, 3.05) is 6.54 Å². The van der Waals surface area contributed by atoms with Crippen molar-refractivity contribution >= 4 is 17.5 Å². The molecule has 0 saturated heterocycles. The minimum Gasteiger partial charge on any atom is -0.354 e. The van der Waals surface area contributed by atoms with Gasteiger partial charge in [-0.05, 0) is 25.3 Å². The molecule has 2 aromatic heterocycles. The number of aromatic nitrogens is 4. The van der Waals surface area contributed by atoms with Crippen LogP contribution in [0, 0.1) is 0 Å². The Bertz CT molecular complexity index is 711. The first-order valence-corrected chi connectivity index (χ1v) is 8.21. The molecule has 0 spiro atoms. The van der Waals surface area contributed by atoms with Gasteiger partial charge in [0.2, 0.25) is 5.91 Å². The number of carbonyl (C=O) groups is 1. The predicted molar refractivity (Wildman–Crippen MR) is 84.0 cm³/mol. The summed E-state index contributed by atoms with van der Waals surface area (Å²) in [6.07, 6.45) is 3.22. The molecule has 1 amide bonds. The van der Waals surface area contributed by atoms with Crippen LogP contribution < -0.4 is 5.32 Å². The lowest BCUT2D eigenvalue weighted by atomic mass is 10.3. The van der Waals surface area contributed by atoms with E-state index < -0.39 is 6.43 Å². The smallest absolute Gasteiger partial charge is 0.280 e. The Kier molecular flexibility index (Phi) is 5.13. The van der Waals surface area contributed by atoms with Crippen LogP contribution in [0.25, 0.3) is 0 Å². The van der Waals surface area contributed by atoms with Gasteiger partial charge in [0.15, 0.2) is 0 Å². The van der Waals surface area contributed by atoms with E-state index in [0.717, 1.165) is 17.5 Å². The molecule has 6 nitrogen and oxygen atoms in total. The maximum absolute atomic E-state index is 13.1. The molecule has 0 bridgehead atoms. The molecule has 9 heteroatoms. The Labute approximate surface area is 142 Å². The average Bonchev–Trinajstić information content (AvgIpc) is 3.17. The number of halogens is 3. The summed E-state index contributed by atoms with van der Waals surface area (Å²) in [5.41, 5.74) is 0.465. The van der Waals surface area contributed by atoms with E-state index in [-0.39, 0.29) is 24.1 Å². The molecular weight excluding hydrogens is 340 g/mol. The lowest BCUT2D eigenvalue weighted by molar-refractivity contribution is -0.121. The van der Waals surface area contributed by atoms with Gasteiger partial charge in [0.1, 0.15) is 12.2 Å². The lowest BCUT2D eigenvalue weighted by Crippen LogP contribution is -2.30. The van der Waals surface area contributed by atoms with Gasteiger partial charge in [-0.3, -0.25) is 14.2 Å². The third-order valence-corrected chi connectivity index (χ3v) is 4.03. The molecule has 0 radical (unpaired) electrons. The van der Waals surface area contributed by atoms with Crippen molar-refractivity contribution in [2.45, 2.75) is 44.7 Å². The van der Waals surface area contributed by atoms with E-state index >= 15 is 0 Å². The van der Waals surface area contributed by atoms with E-state index in [1.807, 2.05) is 0 Å². The van der Waals surface area contributed by atoms with Gasteiger partial charge in [0, 0.05) is 25.2 Å². The van der Waals surface area contributed by atoms with Gasteiger partial charge in [-0.25, -0.2) is 8.78 Å². The van der Waals surface area contributed by atoms with Crippen LogP contribution >= 0.6 is 11.6 Å². The van der Waals surface area contributed by atoms with Crippen molar-refractivity contribution in [3.63, 3.8) is 0 Å². The van der Waals surface area contributed by atoms with Crippen LogP contribution in [0.1, 0.15) is 43.0 Å². The third kappa shape index (κ3) is 4.31. The van der Waals surface area contributed by atoms with Crippen molar-refractivity contribution in [3.05, 3.63) is 34.9 Å². The largest absolute Gasteiger partial charge is 0.354 e. The van der Waals surface area contributed by atoms with Crippen molar-refractivity contribution in [1.82, 2.24) is 24.9 Å². The number of hydrogen-bond acceptors (Lipinski definition) is 3. The number of alkyl halides is 2. The maximum Gasteiger partial charge on any atom is 0.280 e. The fourth-order valence-electron chi connectivity index (χ4n) is 2.45. The van der Waals surface area contributed by atoms with Crippen LogP contribution in [0.3, 0.4) is 0 Å². The third-order valence-electron chi connectivity index (χ3n) is 3.83. The van der Waals surface area contributed by atoms with E-state index in [1.165, 1.54) is 6.07 Å². The Balaban J connectivity index is 1.47. The summed E-state index contributed by atoms with van der Waals surface area (Å²) >= 11 is 5.76. The fourth-order valence-corrected chi connectivity index (χ4v) is 2.61. The molecule has 0 unspecified atom stereocenters. The average molecular weight is 358 g/mol. The lowest BCUT2D eigenvalue weighted by Gasteiger charge is -2.08. The highest BCUT2D eigenvalue weighted by Gasteiger charge is 2.29. The summed E-state index contributed by atoms with van der Waals surface area (Å²) in [5, 5.41) is 11.5. The van der Waals surface area contributed by atoms with Gasteiger partial charge >= 0.3 is 0 Å². The Hall–Kier alpha value is -1.96. The number of aryl methyl sites for hydroxylation is 1. The minimum absolute atomic E-state index is 0.194. The molecular formula is C15H18ClF2N5O. The van der Waals surface area contributed by atoms with Crippen molar-refractivity contribution in [3.8, 4) is 0 Å². The Morgan fingerprint density at radius 2 is 2.25 bits per heavy atom. The van der Waals surface area contributed by atoms with Gasteiger partial charge in [0.05, 0.1) is 16.9 Å². The molecule has 1 N–H and O–H groups in total. The molecule has 2 aromatic rings. The molecule has 2 heterocycles. The maximum atomic E-state index is 13.1. The van der Waals surface area contributed by atoms with E-state index in [9.17, 15) is 13.6 Å². The summed E-state index contributed by atoms with van der Waals surface area (Å²) in [6.45, 7) is 0.847. The van der Waals surface area contributed by atoms with Gasteiger partial charge in [0.25, 0.3) is 6.43 Å². The van der Waals surface area contributed by atoms with Crippen LogP contribution in [-0.4, -0.2) is 32.0 Å². The van der Waals surface area contributed by atoms with E-state index in [0.29, 0.717) is 30.2 Å². The van der Waals surface area contributed by atoms with Crippen LogP contribution in [0.15, 0.2) is 18.5 Å². The standard InChI is InChI=1S/C15H18ClF2N5O/c16-11-7-20-22(8-11)5-1-4-19-14(24)9-23-13(15(17)18)6-12(21-23)10-2-3-10/h6-8,10,15H,1-5,9H2,(H,19,24). The Morgan fingerprint density at radius 1 is 1.46 bits per heavy atom. The van der Waals surface area contributed by atoms with E-state index in [2.05, 4.69) is 15.5 Å². The van der Waals surface area contributed by atoms with E-state index in [4.69, 9.17) is 11.6 Å². The van der Waals surface area contributed by atoms with Gasteiger partial charge in [-0.2, -0.15) is 10.2 Å². The van der Waals surface area contributed by atoms with E-state index in [1.54, 1.807) is 17.1 Å². The number of rotatable bonds is 8. The van der Waals surface area contributed by atoms with Crippen molar-refractivity contribution in [2.24, 2.45) is 0 Å². The van der Waals surface area contributed by atoms with Gasteiger partial charge < -0.3 is 5.32 Å². The summed E-state index contributed by atoms with van der Waals surface area (Å²) in [5.74, 6) is -0.0615. The molecule has 1 aliphatic carbocycles. The van der Waals surface area contributed by atoms with Crippen LogP contribution in [-0.2, 0) is 17.9 Å².